The first-order valence-corrected chi connectivity index (χ1v) is 9.87. The van der Waals surface area contributed by atoms with Crippen molar-refractivity contribution >= 4 is 51.6 Å². The summed E-state index contributed by atoms with van der Waals surface area (Å²) in [5.74, 6) is -0.110. The molecule has 4 nitrogen and oxygen atoms in total. The fraction of sp³-hybridized carbons (Fsp3) is 0.0455. The summed E-state index contributed by atoms with van der Waals surface area (Å²) in [6.07, 6.45) is 3.26. The molecule has 0 aliphatic carbocycles. The number of carbonyl (C=O) groups excluding carboxylic acids is 2. The van der Waals surface area contributed by atoms with Crippen LogP contribution in [-0.2, 0) is 6.54 Å². The molecule has 4 rings (SSSR count). The number of allylic oxidation sites excluding steroid dienone is 1. The van der Waals surface area contributed by atoms with E-state index in [0.29, 0.717) is 16.1 Å². The molecule has 0 saturated carbocycles. The molecule has 2 heterocycles. The molecule has 0 radical (unpaired) electrons. The molecule has 0 atom stereocenters. The summed E-state index contributed by atoms with van der Waals surface area (Å²) in [5, 5.41) is 2.52. The lowest BCUT2D eigenvalue weighted by atomic mass is 10.1. The van der Waals surface area contributed by atoms with Crippen LogP contribution in [0.25, 0.3) is 17.1 Å². The number of halogens is 1. The van der Waals surface area contributed by atoms with E-state index in [-0.39, 0.29) is 23.9 Å². The lowest BCUT2D eigenvalue weighted by Gasteiger charge is -2.07. The predicted molar refractivity (Wildman–Crippen MR) is 113 cm³/mol. The maximum atomic E-state index is 12.8. The zero-order chi connectivity index (χ0) is 19.5. The van der Waals surface area contributed by atoms with Gasteiger partial charge in [0.25, 0.3) is 0 Å². The lowest BCUT2D eigenvalue weighted by molar-refractivity contribution is 0.0969. The number of Topliss-reactive ketones (excluding diaryl/α,β-unsaturated/α-hetero) is 1. The van der Waals surface area contributed by atoms with E-state index in [9.17, 15) is 9.59 Å². The van der Waals surface area contributed by atoms with Gasteiger partial charge in [-0.1, -0.05) is 29.8 Å². The Morgan fingerprint density at radius 1 is 1.04 bits per heavy atom. The molecule has 138 valence electrons. The number of fused-ring (bicyclic) bond motifs is 1. The van der Waals surface area contributed by atoms with Crippen LogP contribution in [0.15, 0.2) is 72.1 Å². The predicted octanol–water partition coefficient (Wildman–Crippen LogP) is 5.53. The van der Waals surface area contributed by atoms with E-state index in [4.69, 9.17) is 11.6 Å². The van der Waals surface area contributed by atoms with Crippen LogP contribution in [0, 0.1) is 0 Å². The monoisotopic (exact) mass is 406 g/mol. The minimum Gasteiger partial charge on any atom is -0.313 e. The van der Waals surface area contributed by atoms with Gasteiger partial charge in [0.1, 0.15) is 0 Å². The number of carbonyl (C=O) groups is 2. The van der Waals surface area contributed by atoms with Crippen LogP contribution in [-0.4, -0.2) is 21.1 Å². The minimum atomic E-state index is -0.242. The third kappa shape index (κ3) is 3.81. The van der Waals surface area contributed by atoms with E-state index >= 15 is 0 Å². The van der Waals surface area contributed by atoms with Crippen molar-refractivity contribution in [3.8, 4) is 0 Å². The summed E-state index contributed by atoms with van der Waals surface area (Å²) in [4.78, 5) is 31.0. The summed E-state index contributed by atoms with van der Waals surface area (Å²) >= 11 is 7.45. The molecular weight excluding hydrogens is 392 g/mol. The van der Waals surface area contributed by atoms with Gasteiger partial charge in [-0.25, -0.2) is 4.98 Å². The number of ketones is 2. The average Bonchev–Trinajstić information content (AvgIpc) is 3.35. The Labute approximate surface area is 170 Å². The second-order valence-electron chi connectivity index (χ2n) is 6.15. The van der Waals surface area contributed by atoms with Gasteiger partial charge in [0.05, 0.1) is 17.6 Å². The number of para-hydroxylation sites is 2. The van der Waals surface area contributed by atoms with Gasteiger partial charge in [-0.05, 0) is 60.0 Å². The number of benzene rings is 2. The molecule has 0 aliphatic heterocycles. The van der Waals surface area contributed by atoms with Crippen molar-refractivity contribution in [1.82, 2.24) is 9.55 Å². The molecule has 4 aromatic rings. The highest BCUT2D eigenvalue weighted by molar-refractivity contribution is 7.10. The first-order valence-electron chi connectivity index (χ1n) is 8.62. The average molecular weight is 407 g/mol. The molecule has 0 saturated heterocycles. The molecule has 2 aromatic heterocycles. The normalized spacial score (nSPS) is 11.3. The quantitative estimate of drug-likeness (QED) is 0.312. The Morgan fingerprint density at radius 2 is 1.82 bits per heavy atom. The van der Waals surface area contributed by atoms with Crippen molar-refractivity contribution in [1.29, 1.82) is 0 Å². The standard InChI is InChI=1S/C22H15ClN2O2S/c23-16-9-7-15(8-10-16)21(27)14-25-19-6-2-1-5-18(19)24-22(25)20(26)12-11-17-4-3-13-28-17/h1-13H,14H2/b12-11+. The van der Waals surface area contributed by atoms with Crippen molar-refractivity contribution in [3.05, 3.63) is 93.4 Å². The van der Waals surface area contributed by atoms with Gasteiger partial charge in [-0.2, -0.15) is 0 Å². The molecule has 0 N–H and O–H groups in total. The van der Waals surface area contributed by atoms with Crippen LogP contribution in [0.1, 0.15) is 25.9 Å². The highest BCUT2D eigenvalue weighted by Gasteiger charge is 2.18. The SMILES string of the molecule is O=C(Cn1c(C(=O)/C=C/c2cccs2)nc2ccccc21)c1ccc(Cl)cc1. The molecule has 0 fully saturated rings. The van der Waals surface area contributed by atoms with E-state index in [0.717, 1.165) is 10.4 Å². The van der Waals surface area contributed by atoms with Crippen molar-refractivity contribution in [2.45, 2.75) is 6.54 Å². The topological polar surface area (TPSA) is 52.0 Å². The third-order valence-electron chi connectivity index (χ3n) is 4.29. The zero-order valence-corrected chi connectivity index (χ0v) is 16.3. The third-order valence-corrected chi connectivity index (χ3v) is 5.37. The van der Waals surface area contributed by atoms with E-state index < -0.39 is 0 Å². The summed E-state index contributed by atoms with van der Waals surface area (Å²) in [7, 11) is 0. The Hall–Kier alpha value is -3.02. The fourth-order valence-electron chi connectivity index (χ4n) is 2.91. The van der Waals surface area contributed by atoms with Gasteiger partial charge in [-0.3, -0.25) is 9.59 Å². The van der Waals surface area contributed by atoms with Gasteiger partial charge in [0.15, 0.2) is 11.6 Å². The number of aromatic nitrogens is 2. The van der Waals surface area contributed by atoms with E-state index in [1.807, 2.05) is 41.8 Å². The Bertz CT molecular complexity index is 1180. The highest BCUT2D eigenvalue weighted by Crippen LogP contribution is 2.19. The molecular formula is C22H15ClN2O2S. The number of imidazole rings is 1. The zero-order valence-electron chi connectivity index (χ0n) is 14.7. The Balaban J connectivity index is 1.69. The van der Waals surface area contributed by atoms with Crippen LogP contribution in [0.3, 0.4) is 0 Å². The maximum Gasteiger partial charge on any atom is 0.221 e. The minimum absolute atomic E-state index is 0.0239. The van der Waals surface area contributed by atoms with Crippen LogP contribution < -0.4 is 0 Å². The van der Waals surface area contributed by atoms with Crippen molar-refractivity contribution in [2.24, 2.45) is 0 Å². The molecule has 0 bridgehead atoms. The molecule has 28 heavy (non-hydrogen) atoms. The molecule has 2 aromatic carbocycles. The fourth-order valence-corrected chi connectivity index (χ4v) is 3.66. The summed E-state index contributed by atoms with van der Waals surface area (Å²) in [6.45, 7) is 0.0239. The second kappa shape index (κ2) is 7.92. The Morgan fingerprint density at radius 3 is 2.57 bits per heavy atom. The maximum absolute atomic E-state index is 12.8. The molecule has 0 spiro atoms. The van der Waals surface area contributed by atoms with Gasteiger partial charge in [-0.15, -0.1) is 11.3 Å². The van der Waals surface area contributed by atoms with E-state index in [2.05, 4.69) is 4.98 Å². The summed E-state index contributed by atoms with van der Waals surface area (Å²) < 4.78 is 1.67. The first-order chi connectivity index (χ1) is 13.6. The number of nitrogens with zero attached hydrogens (tertiary/aromatic N) is 2. The number of thiophene rings is 1. The number of rotatable bonds is 6. The number of hydrogen-bond donors (Lipinski definition) is 0. The molecule has 0 aliphatic rings. The van der Waals surface area contributed by atoms with Crippen LogP contribution in [0.5, 0.6) is 0 Å². The van der Waals surface area contributed by atoms with Crippen LogP contribution in [0.2, 0.25) is 5.02 Å². The largest absolute Gasteiger partial charge is 0.313 e. The molecule has 0 unspecified atom stereocenters. The molecule has 0 amide bonds. The van der Waals surface area contributed by atoms with Crippen LogP contribution >= 0.6 is 22.9 Å². The van der Waals surface area contributed by atoms with Gasteiger partial charge < -0.3 is 4.57 Å². The molecule has 6 heteroatoms. The highest BCUT2D eigenvalue weighted by atomic mass is 35.5. The number of hydrogen-bond acceptors (Lipinski definition) is 4. The lowest BCUT2D eigenvalue weighted by Crippen LogP contribution is -2.15. The summed E-state index contributed by atoms with van der Waals surface area (Å²) in [6, 6.07) is 18.0. The van der Waals surface area contributed by atoms with E-state index in [1.165, 1.54) is 6.08 Å². The first kappa shape index (κ1) is 18.3. The smallest absolute Gasteiger partial charge is 0.221 e. The van der Waals surface area contributed by atoms with Gasteiger partial charge >= 0.3 is 0 Å². The van der Waals surface area contributed by atoms with Gasteiger partial charge in [0.2, 0.25) is 5.78 Å². The van der Waals surface area contributed by atoms with E-state index in [1.54, 1.807) is 46.2 Å². The summed E-state index contributed by atoms with van der Waals surface area (Å²) in [5.41, 5.74) is 1.96. The van der Waals surface area contributed by atoms with Crippen molar-refractivity contribution in [2.75, 3.05) is 0 Å². The van der Waals surface area contributed by atoms with Crippen LogP contribution in [0.4, 0.5) is 0 Å². The van der Waals surface area contributed by atoms with Crippen molar-refractivity contribution in [3.63, 3.8) is 0 Å². The Kier molecular flexibility index (Phi) is 5.19. The second-order valence-corrected chi connectivity index (χ2v) is 7.57. The van der Waals surface area contributed by atoms with Gasteiger partial charge in [0, 0.05) is 15.5 Å². The van der Waals surface area contributed by atoms with Crippen molar-refractivity contribution < 1.29 is 9.59 Å².